The van der Waals surface area contributed by atoms with E-state index in [2.05, 4.69) is 5.32 Å². The number of hydrogen-bond acceptors (Lipinski definition) is 3. The van der Waals surface area contributed by atoms with E-state index in [0.717, 1.165) is 11.1 Å². The van der Waals surface area contributed by atoms with Gasteiger partial charge in [0.2, 0.25) is 0 Å². The standard InChI is InChI=1S/C17H13ClN2O2S/c1-10-2-5-12(9-14(10)18)20-16(22)15(19-17(20)23)8-11-3-6-13(21)7-4-11/h2-9,21H,1H3,(H,19,23)/b15-8+. The van der Waals surface area contributed by atoms with E-state index >= 15 is 0 Å². The van der Waals surface area contributed by atoms with Gasteiger partial charge in [-0.2, -0.15) is 0 Å². The van der Waals surface area contributed by atoms with Gasteiger partial charge in [-0.15, -0.1) is 0 Å². The van der Waals surface area contributed by atoms with Gasteiger partial charge in [0.25, 0.3) is 5.91 Å². The minimum atomic E-state index is -0.247. The molecule has 4 nitrogen and oxygen atoms in total. The number of aromatic hydroxyl groups is 1. The number of halogens is 1. The van der Waals surface area contributed by atoms with Crippen LogP contribution in [0.4, 0.5) is 5.69 Å². The van der Waals surface area contributed by atoms with E-state index in [-0.39, 0.29) is 11.7 Å². The average Bonchev–Trinajstić information content (AvgIpc) is 2.79. The molecular formula is C17H13ClN2O2S. The molecule has 6 heteroatoms. The molecule has 2 N–H and O–H groups in total. The van der Waals surface area contributed by atoms with Gasteiger partial charge in [0.1, 0.15) is 11.4 Å². The summed E-state index contributed by atoms with van der Waals surface area (Å²) in [5, 5.41) is 13.1. The highest BCUT2D eigenvalue weighted by molar-refractivity contribution is 7.80. The summed E-state index contributed by atoms with van der Waals surface area (Å²) >= 11 is 11.4. The minimum Gasteiger partial charge on any atom is -0.508 e. The molecule has 1 fully saturated rings. The molecule has 0 aromatic heterocycles. The fourth-order valence-electron chi connectivity index (χ4n) is 2.23. The lowest BCUT2D eigenvalue weighted by Gasteiger charge is -2.14. The first kappa shape index (κ1) is 15.5. The zero-order valence-corrected chi connectivity index (χ0v) is 13.8. The number of thiocarbonyl (C=S) groups is 1. The molecule has 23 heavy (non-hydrogen) atoms. The van der Waals surface area contributed by atoms with E-state index in [1.807, 2.05) is 13.0 Å². The van der Waals surface area contributed by atoms with E-state index in [0.29, 0.717) is 21.5 Å². The lowest BCUT2D eigenvalue weighted by molar-refractivity contribution is -0.113. The zero-order valence-electron chi connectivity index (χ0n) is 12.2. The topological polar surface area (TPSA) is 52.6 Å². The number of phenols is 1. The van der Waals surface area contributed by atoms with Crippen LogP contribution < -0.4 is 10.2 Å². The van der Waals surface area contributed by atoms with Crippen LogP contribution in [-0.2, 0) is 4.79 Å². The van der Waals surface area contributed by atoms with Gasteiger partial charge in [-0.25, -0.2) is 0 Å². The molecule has 1 amide bonds. The van der Waals surface area contributed by atoms with Crippen LogP contribution >= 0.6 is 23.8 Å². The maximum Gasteiger partial charge on any atom is 0.281 e. The number of hydrogen-bond donors (Lipinski definition) is 2. The number of rotatable bonds is 2. The summed E-state index contributed by atoms with van der Waals surface area (Å²) in [6.07, 6.45) is 1.68. The van der Waals surface area contributed by atoms with E-state index in [1.54, 1.807) is 42.5 Å². The SMILES string of the molecule is Cc1ccc(N2C(=O)/C(=C\c3ccc(O)cc3)NC2=S)cc1Cl. The molecule has 1 heterocycles. The lowest BCUT2D eigenvalue weighted by Crippen LogP contribution is -2.30. The highest BCUT2D eigenvalue weighted by Gasteiger charge is 2.32. The third-order valence-electron chi connectivity index (χ3n) is 3.50. The van der Waals surface area contributed by atoms with Gasteiger partial charge in [-0.3, -0.25) is 9.69 Å². The highest BCUT2D eigenvalue weighted by Crippen LogP contribution is 2.27. The molecule has 2 aromatic carbocycles. The van der Waals surface area contributed by atoms with E-state index in [9.17, 15) is 9.90 Å². The predicted octanol–water partition coefficient (Wildman–Crippen LogP) is 3.62. The van der Waals surface area contributed by atoms with Crippen LogP contribution in [0.3, 0.4) is 0 Å². The summed E-state index contributed by atoms with van der Waals surface area (Å²) < 4.78 is 0. The summed E-state index contributed by atoms with van der Waals surface area (Å²) in [7, 11) is 0. The van der Waals surface area contributed by atoms with E-state index < -0.39 is 0 Å². The Balaban J connectivity index is 1.93. The fourth-order valence-corrected chi connectivity index (χ4v) is 2.70. The Kier molecular flexibility index (Phi) is 4.07. The summed E-state index contributed by atoms with van der Waals surface area (Å²) in [6.45, 7) is 1.89. The van der Waals surface area contributed by atoms with Crippen LogP contribution in [0.2, 0.25) is 5.02 Å². The summed E-state index contributed by atoms with van der Waals surface area (Å²) in [4.78, 5) is 14.0. The van der Waals surface area contributed by atoms with E-state index in [1.165, 1.54) is 4.90 Å². The maximum absolute atomic E-state index is 12.6. The van der Waals surface area contributed by atoms with Gasteiger partial charge in [0.15, 0.2) is 5.11 Å². The first-order valence-corrected chi connectivity index (χ1v) is 7.66. The average molecular weight is 345 g/mol. The second kappa shape index (κ2) is 6.02. The smallest absolute Gasteiger partial charge is 0.281 e. The number of aryl methyl sites for hydroxylation is 1. The van der Waals surface area contributed by atoms with Crippen molar-refractivity contribution in [3.8, 4) is 5.75 Å². The summed E-state index contributed by atoms with van der Waals surface area (Å²) in [5.41, 5.74) is 2.71. The zero-order chi connectivity index (χ0) is 16.6. The van der Waals surface area contributed by atoms with Crippen LogP contribution in [0, 0.1) is 6.92 Å². The van der Waals surface area contributed by atoms with Crippen LogP contribution in [0.15, 0.2) is 48.2 Å². The molecule has 2 aromatic rings. The number of amides is 1. The summed E-state index contributed by atoms with van der Waals surface area (Å²) in [5.74, 6) is -0.0766. The molecule has 0 saturated carbocycles. The molecule has 1 saturated heterocycles. The van der Waals surface area contributed by atoms with Gasteiger partial charge in [0.05, 0.1) is 5.69 Å². The van der Waals surface area contributed by atoms with Crippen molar-refractivity contribution in [1.29, 1.82) is 0 Å². The molecule has 1 aliphatic rings. The molecular weight excluding hydrogens is 332 g/mol. The molecule has 3 rings (SSSR count). The second-order valence-corrected chi connectivity index (χ2v) is 5.95. The van der Waals surface area contributed by atoms with Crippen LogP contribution in [0.25, 0.3) is 6.08 Å². The van der Waals surface area contributed by atoms with Crippen molar-refractivity contribution in [3.63, 3.8) is 0 Å². The molecule has 0 radical (unpaired) electrons. The number of anilines is 1. The lowest BCUT2D eigenvalue weighted by atomic mass is 10.2. The van der Waals surface area contributed by atoms with Crippen molar-refractivity contribution in [2.75, 3.05) is 4.90 Å². The van der Waals surface area contributed by atoms with Crippen LogP contribution in [-0.4, -0.2) is 16.1 Å². The molecule has 0 spiro atoms. The largest absolute Gasteiger partial charge is 0.508 e. The highest BCUT2D eigenvalue weighted by atomic mass is 35.5. The third kappa shape index (κ3) is 3.06. The van der Waals surface area contributed by atoms with Crippen molar-refractivity contribution >= 4 is 46.6 Å². The first-order chi connectivity index (χ1) is 11.0. The molecule has 1 aliphatic heterocycles. The first-order valence-electron chi connectivity index (χ1n) is 6.88. The summed E-state index contributed by atoms with van der Waals surface area (Å²) in [6, 6.07) is 11.9. The second-order valence-electron chi connectivity index (χ2n) is 5.15. The van der Waals surface area contributed by atoms with Gasteiger partial charge in [0, 0.05) is 5.02 Å². The Hall–Kier alpha value is -2.37. The Labute approximate surface area is 144 Å². The van der Waals surface area contributed by atoms with Crippen molar-refractivity contribution in [2.24, 2.45) is 0 Å². The third-order valence-corrected chi connectivity index (χ3v) is 4.19. The maximum atomic E-state index is 12.6. The number of benzene rings is 2. The van der Waals surface area contributed by atoms with Crippen LogP contribution in [0.1, 0.15) is 11.1 Å². The van der Waals surface area contributed by atoms with Crippen molar-refractivity contribution in [2.45, 2.75) is 6.92 Å². The van der Waals surface area contributed by atoms with Crippen molar-refractivity contribution in [1.82, 2.24) is 5.32 Å². The van der Waals surface area contributed by atoms with Gasteiger partial charge in [-0.1, -0.05) is 29.8 Å². The number of nitrogens with one attached hydrogen (secondary N) is 1. The Morgan fingerprint density at radius 2 is 1.91 bits per heavy atom. The molecule has 0 atom stereocenters. The molecule has 116 valence electrons. The molecule has 0 unspecified atom stereocenters. The quantitative estimate of drug-likeness (QED) is 0.645. The van der Waals surface area contributed by atoms with Crippen LogP contribution in [0.5, 0.6) is 5.75 Å². The van der Waals surface area contributed by atoms with Gasteiger partial charge in [-0.05, 0) is 60.6 Å². The number of phenolic OH excluding ortho intramolecular Hbond substituents is 1. The van der Waals surface area contributed by atoms with Crippen molar-refractivity contribution < 1.29 is 9.90 Å². The monoisotopic (exact) mass is 344 g/mol. The Morgan fingerprint density at radius 3 is 2.57 bits per heavy atom. The Bertz CT molecular complexity index is 831. The number of nitrogens with zero attached hydrogens (tertiary/aromatic N) is 1. The normalized spacial score (nSPS) is 16.1. The number of carbonyl (C=O) groups excluding carboxylic acids is 1. The fraction of sp³-hybridized carbons (Fsp3) is 0.0588. The Morgan fingerprint density at radius 1 is 1.22 bits per heavy atom. The number of carbonyl (C=O) groups is 1. The molecule has 0 aliphatic carbocycles. The van der Waals surface area contributed by atoms with Crippen molar-refractivity contribution in [3.05, 3.63) is 64.3 Å². The van der Waals surface area contributed by atoms with Gasteiger partial charge >= 0.3 is 0 Å². The van der Waals surface area contributed by atoms with Gasteiger partial charge < -0.3 is 10.4 Å². The predicted molar refractivity (Wildman–Crippen MR) is 95.5 cm³/mol. The minimum absolute atomic E-state index is 0.171. The molecule has 0 bridgehead atoms. The van der Waals surface area contributed by atoms with E-state index in [4.69, 9.17) is 23.8 Å².